The summed E-state index contributed by atoms with van der Waals surface area (Å²) in [5, 5.41) is 12.0. The second kappa shape index (κ2) is 12.3. The van der Waals surface area contributed by atoms with Gasteiger partial charge in [-0.1, -0.05) is 37.0 Å². The maximum atomic E-state index is 14.7. The zero-order valence-electron chi connectivity index (χ0n) is 27.3. The van der Waals surface area contributed by atoms with E-state index in [4.69, 9.17) is 0 Å². The highest BCUT2D eigenvalue weighted by molar-refractivity contribution is 7.90. The van der Waals surface area contributed by atoms with Crippen molar-refractivity contribution < 1.29 is 18.0 Å². The normalized spacial score (nSPS) is 13.0. The number of carbonyl (C=O) groups is 2. The predicted octanol–water partition coefficient (Wildman–Crippen LogP) is 2.51. The minimum atomic E-state index is -4.08. The first-order valence-electron chi connectivity index (χ1n) is 15.5. The van der Waals surface area contributed by atoms with Crippen LogP contribution in [0.2, 0.25) is 0 Å². The molecule has 6 aromatic rings. The van der Waals surface area contributed by atoms with E-state index in [1.54, 1.807) is 93.5 Å². The summed E-state index contributed by atoms with van der Waals surface area (Å²) >= 11 is 0. The van der Waals surface area contributed by atoms with Crippen molar-refractivity contribution in [1.29, 1.82) is 0 Å². The molecule has 3 N–H and O–H groups in total. The number of amides is 2. The number of anilines is 2. The van der Waals surface area contributed by atoms with Gasteiger partial charge in [0.15, 0.2) is 11.5 Å². The van der Waals surface area contributed by atoms with Crippen LogP contribution in [-0.4, -0.2) is 62.8 Å². The maximum absolute atomic E-state index is 14.7. The molecule has 2 amide bonds. The smallest absolute Gasteiger partial charge is 0.300 e. The molecule has 0 spiro atoms. The van der Waals surface area contributed by atoms with Gasteiger partial charge in [0.2, 0.25) is 0 Å². The van der Waals surface area contributed by atoms with E-state index < -0.39 is 27.7 Å². The average Bonchev–Trinajstić information content (AvgIpc) is 3.75. The Bertz CT molecular complexity index is 2600. The number of aryl methyl sites for hydroxylation is 1. The number of pyridine rings is 1. The van der Waals surface area contributed by atoms with Gasteiger partial charge in [-0.3, -0.25) is 28.4 Å². The van der Waals surface area contributed by atoms with Gasteiger partial charge in [-0.2, -0.15) is 18.2 Å². The summed E-state index contributed by atoms with van der Waals surface area (Å²) < 4.78 is 34.3. The summed E-state index contributed by atoms with van der Waals surface area (Å²) in [7, 11) is -0.680. The molecule has 252 valence electrons. The molecule has 0 saturated heterocycles. The number of fused-ring (bicyclic) bond motifs is 1. The summed E-state index contributed by atoms with van der Waals surface area (Å²) in [6, 6.07) is 12.9. The Morgan fingerprint density at radius 3 is 2.52 bits per heavy atom. The lowest BCUT2D eigenvalue weighted by Gasteiger charge is -2.23. The van der Waals surface area contributed by atoms with Crippen molar-refractivity contribution >= 4 is 49.9 Å². The van der Waals surface area contributed by atoms with Crippen LogP contribution < -0.4 is 25.2 Å². The highest BCUT2D eigenvalue weighted by Gasteiger charge is 2.37. The molecule has 0 saturated carbocycles. The van der Waals surface area contributed by atoms with Crippen molar-refractivity contribution in [3.8, 4) is 17.5 Å². The van der Waals surface area contributed by atoms with Crippen molar-refractivity contribution in [2.75, 3.05) is 23.2 Å². The molecule has 15 nitrogen and oxygen atoms in total. The Labute approximate surface area is 285 Å². The number of aromatic nitrogens is 6. The minimum Gasteiger partial charge on any atom is -0.344 e. The average molecular weight is 691 g/mol. The first kappa shape index (κ1) is 32.2. The largest absolute Gasteiger partial charge is 0.344 e. The molecule has 1 aliphatic rings. The van der Waals surface area contributed by atoms with Gasteiger partial charge in [0, 0.05) is 55.9 Å². The molecule has 50 heavy (non-hydrogen) atoms. The standard InChI is InChI=1S/C34H30N10O5S/c1-5-37-50(48,49)40-30-28(31-35-16-9-17-43(31)39-30)32(45)38-20(2)29-27-26-24(42(4)33(27)46)15-14-22(13-12-21-18-36-41(3)19-21)25(26)34(47)44(29)23-10-7-6-8-11-23/h6-11,14-20,37H,5H2,1-4H3,(H,38,45)(H,39,40)/t20-/m0/s1. The van der Waals surface area contributed by atoms with Crippen LogP contribution in [0.3, 0.4) is 0 Å². The van der Waals surface area contributed by atoms with Crippen LogP contribution in [0.25, 0.3) is 22.1 Å². The maximum Gasteiger partial charge on any atom is 0.300 e. The number of hydrogen-bond donors (Lipinski definition) is 3. The highest BCUT2D eigenvalue weighted by atomic mass is 32.2. The third-order valence-corrected chi connectivity index (χ3v) is 9.36. The van der Waals surface area contributed by atoms with E-state index in [1.165, 1.54) is 26.4 Å². The lowest BCUT2D eigenvalue weighted by molar-refractivity contribution is 0.0935. The summed E-state index contributed by atoms with van der Waals surface area (Å²) in [5.41, 5.74) is 2.01. The number of nitrogens with zero attached hydrogens (tertiary/aromatic N) is 7. The molecule has 16 heteroatoms. The van der Waals surface area contributed by atoms with Crippen LogP contribution >= 0.6 is 0 Å². The number of benzene rings is 2. The zero-order valence-corrected chi connectivity index (χ0v) is 28.1. The molecule has 5 heterocycles. The molecular formula is C34H30N10O5S. The Hall–Kier alpha value is -6.31. The van der Waals surface area contributed by atoms with Gasteiger partial charge >= 0.3 is 0 Å². The van der Waals surface area contributed by atoms with Crippen LogP contribution in [-0.2, 0) is 17.3 Å². The number of para-hydroxylation sites is 1. The Morgan fingerprint density at radius 1 is 1.02 bits per heavy atom. The van der Waals surface area contributed by atoms with E-state index in [1.807, 2.05) is 0 Å². The Morgan fingerprint density at radius 2 is 1.80 bits per heavy atom. The number of carbonyl (C=O) groups excluding carboxylic acids is 2. The second-order valence-electron chi connectivity index (χ2n) is 11.5. The zero-order chi connectivity index (χ0) is 35.3. The number of rotatable bonds is 8. The van der Waals surface area contributed by atoms with E-state index >= 15 is 0 Å². The summed E-state index contributed by atoms with van der Waals surface area (Å²) in [4.78, 5) is 48.7. The minimum absolute atomic E-state index is 0.0878. The van der Waals surface area contributed by atoms with Crippen molar-refractivity contribution in [3.63, 3.8) is 0 Å². The van der Waals surface area contributed by atoms with Crippen LogP contribution in [0.4, 0.5) is 11.5 Å². The van der Waals surface area contributed by atoms with Gasteiger partial charge in [-0.05, 0) is 37.3 Å². The summed E-state index contributed by atoms with van der Waals surface area (Å²) in [6.45, 7) is 3.36. The first-order chi connectivity index (χ1) is 24.0. The third kappa shape index (κ3) is 5.44. The fourth-order valence-electron chi connectivity index (χ4n) is 6.13. The van der Waals surface area contributed by atoms with Crippen LogP contribution in [0.5, 0.6) is 0 Å². The van der Waals surface area contributed by atoms with Gasteiger partial charge in [0.05, 0.1) is 40.1 Å². The molecule has 0 aliphatic carbocycles. The van der Waals surface area contributed by atoms with E-state index in [9.17, 15) is 22.8 Å². The Balaban J connectivity index is 1.42. The summed E-state index contributed by atoms with van der Waals surface area (Å²) in [6.07, 6.45) is 6.34. The molecule has 0 unspecified atom stereocenters. The topological polar surface area (TPSA) is 178 Å². The molecule has 0 fully saturated rings. The van der Waals surface area contributed by atoms with Crippen molar-refractivity contribution in [2.45, 2.75) is 19.9 Å². The number of hydrogen-bond acceptors (Lipinski definition) is 8. The fraction of sp³-hybridized carbons (Fsp3) is 0.176. The fourth-order valence-corrected chi connectivity index (χ4v) is 6.98. The van der Waals surface area contributed by atoms with Crippen molar-refractivity contribution in [2.24, 2.45) is 7.05 Å². The van der Waals surface area contributed by atoms with E-state index in [0.29, 0.717) is 27.9 Å². The lowest BCUT2D eigenvalue weighted by Crippen LogP contribution is -2.35. The quantitative estimate of drug-likeness (QED) is 0.204. The molecule has 2 aromatic carbocycles. The van der Waals surface area contributed by atoms with Gasteiger partial charge < -0.3 is 10.2 Å². The second-order valence-corrected chi connectivity index (χ2v) is 13.0. The third-order valence-electron chi connectivity index (χ3n) is 8.23. The lowest BCUT2D eigenvalue weighted by atomic mass is 9.97. The van der Waals surface area contributed by atoms with Gasteiger partial charge in [-0.15, -0.1) is 5.10 Å². The van der Waals surface area contributed by atoms with Crippen LogP contribution in [0.1, 0.15) is 57.4 Å². The van der Waals surface area contributed by atoms with Gasteiger partial charge in [0.25, 0.3) is 27.6 Å². The number of nitrogens with one attached hydrogen (secondary N) is 3. The summed E-state index contributed by atoms with van der Waals surface area (Å²) in [5.74, 6) is 4.79. The predicted molar refractivity (Wildman–Crippen MR) is 187 cm³/mol. The van der Waals surface area contributed by atoms with Crippen molar-refractivity contribution in [3.05, 3.63) is 112 Å². The molecule has 0 radical (unpaired) electrons. The Kier molecular flexibility index (Phi) is 7.93. The van der Waals surface area contributed by atoms with E-state index in [2.05, 4.69) is 41.8 Å². The molecule has 0 bridgehead atoms. The molecule has 1 atom stereocenters. The van der Waals surface area contributed by atoms with E-state index in [0.717, 1.165) is 0 Å². The van der Waals surface area contributed by atoms with Crippen LogP contribution in [0.15, 0.2) is 78.1 Å². The molecule has 7 rings (SSSR count). The van der Waals surface area contributed by atoms with Crippen LogP contribution in [0, 0.1) is 11.8 Å². The monoisotopic (exact) mass is 690 g/mol. The SMILES string of the molecule is CCNS(=O)(=O)Nc1nn2cccnc2c1C(=O)N[C@@H](C)c1c2c3c(ccc(C#Cc4cnn(C)c4)c3c(=O)n1-c1ccccc1)N(C)C2=O. The molecule has 4 aromatic heterocycles. The highest BCUT2D eigenvalue weighted by Crippen LogP contribution is 2.40. The first-order valence-corrected chi connectivity index (χ1v) is 17.0. The van der Waals surface area contributed by atoms with Gasteiger partial charge in [-0.25, -0.2) is 9.50 Å². The molecule has 1 aliphatic heterocycles. The van der Waals surface area contributed by atoms with Crippen molar-refractivity contribution in [1.82, 2.24) is 39.0 Å². The van der Waals surface area contributed by atoms with E-state index in [-0.39, 0.29) is 46.1 Å². The van der Waals surface area contributed by atoms with Gasteiger partial charge in [0.1, 0.15) is 5.56 Å². The molecular weight excluding hydrogens is 661 g/mol.